The maximum atomic E-state index is 13.7. The summed E-state index contributed by atoms with van der Waals surface area (Å²) in [7, 11) is 2.67. The van der Waals surface area contributed by atoms with Gasteiger partial charge in [0, 0.05) is 29.6 Å². The maximum Gasteiger partial charge on any atom is 0.328 e. The van der Waals surface area contributed by atoms with Crippen LogP contribution >= 0.6 is 23.2 Å². The Hall–Kier alpha value is -3.75. The van der Waals surface area contributed by atoms with Crippen LogP contribution in [0, 0.1) is 5.82 Å². The molecule has 2 aromatic carbocycles. The number of carbonyl (C=O) groups is 2. The summed E-state index contributed by atoms with van der Waals surface area (Å²) < 4.78 is 24.0. The molecule has 2 aromatic heterocycles. The van der Waals surface area contributed by atoms with Crippen LogP contribution in [0.25, 0.3) is 22.2 Å². The SMILES string of the molecule is COC(=O)[C@H](Cc1ccc(-c2ncc(F)cc2OC)c2cccnc12)NC(=O)c1c(Cl)cccc1Cl. The van der Waals surface area contributed by atoms with Crippen LogP contribution in [0.15, 0.2) is 60.9 Å². The van der Waals surface area contributed by atoms with Crippen LogP contribution < -0.4 is 10.1 Å². The third kappa shape index (κ3) is 5.10. The van der Waals surface area contributed by atoms with Gasteiger partial charge in [-0.3, -0.25) is 9.78 Å². The smallest absolute Gasteiger partial charge is 0.328 e. The Bertz CT molecular complexity index is 1440. The molecule has 0 bridgehead atoms. The van der Waals surface area contributed by atoms with Gasteiger partial charge in [-0.2, -0.15) is 0 Å². The Balaban J connectivity index is 1.73. The number of aromatic nitrogens is 2. The van der Waals surface area contributed by atoms with Gasteiger partial charge in [0.1, 0.15) is 23.3 Å². The Morgan fingerprint density at radius 1 is 1.06 bits per heavy atom. The number of rotatable bonds is 7. The van der Waals surface area contributed by atoms with Gasteiger partial charge in [-0.05, 0) is 23.8 Å². The van der Waals surface area contributed by atoms with Crippen molar-refractivity contribution in [3.8, 4) is 17.0 Å². The van der Waals surface area contributed by atoms with Crippen molar-refractivity contribution in [1.82, 2.24) is 15.3 Å². The molecular weight excluding hydrogens is 508 g/mol. The van der Waals surface area contributed by atoms with Crippen molar-refractivity contribution in [2.75, 3.05) is 14.2 Å². The molecular formula is C26H20Cl2FN3O4. The Morgan fingerprint density at radius 2 is 1.81 bits per heavy atom. The van der Waals surface area contributed by atoms with Crippen LogP contribution in [0.4, 0.5) is 4.39 Å². The number of hydrogen-bond acceptors (Lipinski definition) is 6. The minimum atomic E-state index is -1.05. The Kier molecular flexibility index (Phi) is 7.67. The zero-order chi connectivity index (χ0) is 25.8. The first-order chi connectivity index (χ1) is 17.3. The van der Waals surface area contributed by atoms with E-state index < -0.39 is 23.7 Å². The van der Waals surface area contributed by atoms with E-state index in [-0.39, 0.29) is 27.8 Å². The van der Waals surface area contributed by atoms with Crippen molar-refractivity contribution in [2.24, 2.45) is 0 Å². The highest BCUT2D eigenvalue weighted by molar-refractivity contribution is 6.39. The van der Waals surface area contributed by atoms with Crippen molar-refractivity contribution in [1.29, 1.82) is 0 Å². The third-order valence-electron chi connectivity index (χ3n) is 5.55. The molecule has 1 amide bonds. The summed E-state index contributed by atoms with van der Waals surface area (Å²) in [6.45, 7) is 0. The van der Waals surface area contributed by atoms with E-state index >= 15 is 0 Å². The fraction of sp³-hybridized carbons (Fsp3) is 0.154. The van der Waals surface area contributed by atoms with Gasteiger partial charge in [0.15, 0.2) is 0 Å². The molecule has 4 aromatic rings. The summed E-state index contributed by atoms with van der Waals surface area (Å²) in [5, 5.41) is 3.68. The molecule has 0 aliphatic heterocycles. The van der Waals surface area contributed by atoms with Crippen LogP contribution in [-0.4, -0.2) is 42.1 Å². The number of pyridine rings is 2. The zero-order valence-corrected chi connectivity index (χ0v) is 20.7. The maximum absolute atomic E-state index is 13.7. The monoisotopic (exact) mass is 527 g/mol. The average Bonchev–Trinajstić information content (AvgIpc) is 2.88. The van der Waals surface area contributed by atoms with Crippen LogP contribution in [0.3, 0.4) is 0 Å². The first-order valence-corrected chi connectivity index (χ1v) is 11.5. The number of nitrogens with zero attached hydrogens (tertiary/aromatic N) is 2. The predicted molar refractivity (Wildman–Crippen MR) is 135 cm³/mol. The van der Waals surface area contributed by atoms with Crippen LogP contribution in [0.2, 0.25) is 10.0 Å². The molecule has 7 nitrogen and oxygen atoms in total. The van der Waals surface area contributed by atoms with Crippen molar-refractivity contribution in [2.45, 2.75) is 12.5 Å². The largest absolute Gasteiger partial charge is 0.494 e. The molecule has 1 N–H and O–H groups in total. The van der Waals surface area contributed by atoms with Crippen LogP contribution in [0.5, 0.6) is 5.75 Å². The number of hydrogen-bond donors (Lipinski definition) is 1. The molecule has 0 fully saturated rings. The van der Waals surface area contributed by atoms with Gasteiger partial charge in [-0.1, -0.05) is 47.5 Å². The number of nitrogens with one attached hydrogen (secondary N) is 1. The topological polar surface area (TPSA) is 90.4 Å². The van der Waals surface area contributed by atoms with Crippen molar-refractivity contribution in [3.05, 3.63) is 87.9 Å². The predicted octanol–water partition coefficient (Wildman–Crippen LogP) is 5.27. The number of amides is 1. The van der Waals surface area contributed by atoms with Gasteiger partial charge < -0.3 is 14.8 Å². The van der Waals surface area contributed by atoms with Gasteiger partial charge in [0.25, 0.3) is 5.91 Å². The second-order valence-corrected chi connectivity index (χ2v) is 8.54. The number of ether oxygens (including phenoxy) is 2. The van der Waals surface area contributed by atoms with Gasteiger partial charge in [-0.25, -0.2) is 14.2 Å². The molecule has 4 rings (SSSR count). The van der Waals surface area contributed by atoms with E-state index in [9.17, 15) is 14.0 Å². The number of esters is 1. The Morgan fingerprint density at radius 3 is 2.50 bits per heavy atom. The highest BCUT2D eigenvalue weighted by Crippen LogP contribution is 2.35. The van der Waals surface area contributed by atoms with E-state index in [0.717, 1.165) is 6.20 Å². The molecule has 0 radical (unpaired) electrons. The minimum absolute atomic E-state index is 0.0579. The van der Waals surface area contributed by atoms with E-state index in [1.54, 1.807) is 30.5 Å². The molecule has 1 atom stereocenters. The highest BCUT2D eigenvalue weighted by atomic mass is 35.5. The lowest BCUT2D eigenvalue weighted by Gasteiger charge is -2.19. The fourth-order valence-corrected chi connectivity index (χ4v) is 4.45. The van der Waals surface area contributed by atoms with Gasteiger partial charge in [0.05, 0.1) is 41.5 Å². The first-order valence-electron chi connectivity index (χ1n) is 10.7. The molecule has 0 saturated carbocycles. The van der Waals surface area contributed by atoms with Gasteiger partial charge in [0.2, 0.25) is 0 Å². The van der Waals surface area contributed by atoms with Crippen molar-refractivity contribution >= 4 is 46.0 Å². The molecule has 0 saturated heterocycles. The van der Waals surface area contributed by atoms with Crippen LogP contribution in [-0.2, 0) is 16.0 Å². The molecule has 36 heavy (non-hydrogen) atoms. The quantitative estimate of drug-likeness (QED) is 0.329. The molecule has 184 valence electrons. The molecule has 10 heteroatoms. The summed E-state index contributed by atoms with van der Waals surface area (Å²) in [4.78, 5) is 34.3. The lowest BCUT2D eigenvalue weighted by molar-refractivity contribution is -0.142. The zero-order valence-electron chi connectivity index (χ0n) is 19.2. The summed E-state index contributed by atoms with van der Waals surface area (Å²) in [5.41, 5.74) is 2.40. The van der Waals surface area contributed by atoms with Gasteiger partial charge in [-0.15, -0.1) is 0 Å². The number of halogens is 3. The lowest BCUT2D eigenvalue weighted by Crippen LogP contribution is -2.43. The number of benzene rings is 2. The summed E-state index contributed by atoms with van der Waals surface area (Å²) in [5.74, 6) is -1.52. The summed E-state index contributed by atoms with van der Waals surface area (Å²) in [6.07, 6.45) is 2.79. The second-order valence-electron chi connectivity index (χ2n) is 7.73. The third-order valence-corrected chi connectivity index (χ3v) is 6.18. The number of fused-ring (bicyclic) bond motifs is 1. The van der Waals surface area contributed by atoms with Gasteiger partial charge >= 0.3 is 5.97 Å². The lowest BCUT2D eigenvalue weighted by atomic mass is 9.96. The van der Waals surface area contributed by atoms with Crippen LogP contribution in [0.1, 0.15) is 15.9 Å². The van der Waals surface area contributed by atoms with Crippen molar-refractivity contribution in [3.63, 3.8) is 0 Å². The normalized spacial score (nSPS) is 11.7. The highest BCUT2D eigenvalue weighted by Gasteiger charge is 2.26. The number of carbonyl (C=O) groups excluding carboxylic acids is 2. The standard InChI is InChI=1S/C26H20Cl2FN3O4/c1-35-21-12-15(29)13-31-24(21)17-9-8-14(23-16(17)5-4-10-30-23)11-20(26(34)36-2)32-25(33)22-18(27)6-3-7-19(22)28/h3-10,12-13,20H,11H2,1-2H3,(H,32,33)/t20-/m0/s1. The van der Waals surface area contributed by atoms with E-state index in [1.165, 1.54) is 32.4 Å². The van der Waals surface area contributed by atoms with E-state index in [4.69, 9.17) is 32.7 Å². The minimum Gasteiger partial charge on any atom is -0.494 e. The molecule has 0 spiro atoms. The Labute approximate surface area is 216 Å². The van der Waals surface area contributed by atoms with E-state index in [1.807, 2.05) is 6.07 Å². The van der Waals surface area contributed by atoms with Crippen molar-refractivity contribution < 1.29 is 23.5 Å². The fourth-order valence-electron chi connectivity index (χ4n) is 3.88. The van der Waals surface area contributed by atoms with E-state index in [0.29, 0.717) is 27.7 Å². The molecule has 0 unspecified atom stereocenters. The number of methoxy groups -OCH3 is 2. The first kappa shape index (κ1) is 25.3. The second kappa shape index (κ2) is 10.9. The average molecular weight is 528 g/mol. The molecule has 2 heterocycles. The summed E-state index contributed by atoms with van der Waals surface area (Å²) >= 11 is 12.3. The molecule has 0 aliphatic rings. The summed E-state index contributed by atoms with van der Waals surface area (Å²) in [6, 6.07) is 12.0. The van der Waals surface area contributed by atoms with E-state index in [2.05, 4.69) is 15.3 Å². The molecule has 0 aliphatic carbocycles.